The minimum atomic E-state index is -3.09. The normalized spacial score (nSPS) is 14.9. The van der Waals surface area contributed by atoms with E-state index in [0.717, 1.165) is 10.8 Å². The fourth-order valence-corrected chi connectivity index (χ4v) is 4.28. The van der Waals surface area contributed by atoms with Crippen molar-refractivity contribution in [2.45, 2.75) is 40.2 Å². The summed E-state index contributed by atoms with van der Waals surface area (Å²) in [6.45, 7) is 8.14. The molecule has 0 aromatic carbocycles. The van der Waals surface area contributed by atoms with Gasteiger partial charge < -0.3 is 0 Å². The number of sulfonamides is 1. The van der Waals surface area contributed by atoms with Crippen molar-refractivity contribution in [2.24, 2.45) is 11.8 Å². The number of halogens is 1. The van der Waals surface area contributed by atoms with Crippen LogP contribution in [0.15, 0.2) is 0 Å². The first-order valence-electron chi connectivity index (χ1n) is 5.34. The molecule has 0 bridgehead atoms. The van der Waals surface area contributed by atoms with E-state index in [4.69, 9.17) is 0 Å². The molecule has 1 N–H and O–H groups in total. The first-order valence-corrected chi connectivity index (χ1v) is 8.52. The van der Waals surface area contributed by atoms with Crippen LogP contribution in [0.1, 0.15) is 34.1 Å². The lowest BCUT2D eigenvalue weighted by Gasteiger charge is -2.20. The number of nitrogens with one attached hydrogen (secondary N) is 1. The highest BCUT2D eigenvalue weighted by molar-refractivity contribution is 14.1. The molecule has 0 rings (SSSR count). The average Bonchev–Trinajstić information content (AvgIpc) is 2.11. The summed E-state index contributed by atoms with van der Waals surface area (Å²) in [5.41, 5.74) is 0. The molecular weight excluding hydrogens is 325 g/mol. The van der Waals surface area contributed by atoms with Gasteiger partial charge in [0.15, 0.2) is 0 Å². The fourth-order valence-electron chi connectivity index (χ4n) is 1.03. The quantitative estimate of drug-likeness (QED) is 0.568. The minimum absolute atomic E-state index is 0.0581. The Bertz CT molecular complexity index is 263. The summed E-state index contributed by atoms with van der Waals surface area (Å²) in [7, 11) is -3.09. The Morgan fingerprint density at radius 2 is 1.73 bits per heavy atom. The lowest BCUT2D eigenvalue weighted by Crippen LogP contribution is -2.41. The molecule has 5 heteroatoms. The Morgan fingerprint density at radius 3 is 2.07 bits per heavy atom. The molecule has 0 aromatic rings. The lowest BCUT2D eigenvalue weighted by atomic mass is 10.1. The van der Waals surface area contributed by atoms with Crippen LogP contribution in [0, 0.1) is 11.8 Å². The van der Waals surface area contributed by atoms with Crippen LogP contribution in [0.3, 0.4) is 0 Å². The first-order chi connectivity index (χ1) is 6.78. The molecule has 3 nitrogen and oxygen atoms in total. The zero-order chi connectivity index (χ0) is 12.1. The molecule has 0 aromatic heterocycles. The van der Waals surface area contributed by atoms with Crippen LogP contribution in [0.25, 0.3) is 0 Å². The molecule has 0 fully saturated rings. The van der Waals surface area contributed by atoms with Crippen molar-refractivity contribution in [1.29, 1.82) is 0 Å². The third-order valence-corrected chi connectivity index (χ3v) is 4.65. The molecule has 0 spiro atoms. The second-order valence-electron chi connectivity index (χ2n) is 4.62. The molecule has 1 unspecified atom stereocenters. The van der Waals surface area contributed by atoms with E-state index < -0.39 is 10.0 Å². The average molecular weight is 347 g/mol. The standard InChI is InChI=1S/C10H22INO2S/c1-8(2)5-6-15(13,14)12-10(7-11)9(3)4/h8-10,12H,5-7H2,1-4H3. The molecule has 0 amide bonds. The van der Waals surface area contributed by atoms with Crippen molar-refractivity contribution in [3.05, 3.63) is 0 Å². The number of alkyl halides is 1. The first kappa shape index (κ1) is 15.6. The van der Waals surface area contributed by atoms with E-state index in [1.165, 1.54) is 0 Å². The molecule has 0 aliphatic carbocycles. The van der Waals surface area contributed by atoms with Crippen molar-refractivity contribution in [3.63, 3.8) is 0 Å². The highest BCUT2D eigenvalue weighted by Crippen LogP contribution is 2.08. The summed E-state index contributed by atoms with van der Waals surface area (Å²) < 4.78 is 27.0. The van der Waals surface area contributed by atoms with E-state index in [1.54, 1.807) is 0 Å². The van der Waals surface area contributed by atoms with Crippen molar-refractivity contribution in [2.75, 3.05) is 10.2 Å². The maximum Gasteiger partial charge on any atom is 0.211 e. The third-order valence-electron chi connectivity index (χ3n) is 2.27. The van der Waals surface area contributed by atoms with Gasteiger partial charge in [-0.3, -0.25) is 0 Å². The largest absolute Gasteiger partial charge is 0.212 e. The van der Waals surface area contributed by atoms with Crippen molar-refractivity contribution >= 4 is 32.6 Å². The van der Waals surface area contributed by atoms with E-state index in [9.17, 15) is 8.42 Å². The summed E-state index contributed by atoms with van der Waals surface area (Å²) in [5.74, 6) is 1.01. The molecule has 0 radical (unpaired) electrons. The molecule has 0 aliphatic heterocycles. The Hall–Kier alpha value is 0.640. The van der Waals surface area contributed by atoms with Gasteiger partial charge in [0.25, 0.3) is 0 Å². The Kier molecular flexibility index (Phi) is 7.36. The number of hydrogen-bond donors (Lipinski definition) is 1. The second kappa shape index (κ2) is 7.06. The van der Waals surface area contributed by atoms with Crippen LogP contribution in [0.4, 0.5) is 0 Å². The summed E-state index contributed by atoms with van der Waals surface area (Å²) >= 11 is 2.22. The van der Waals surface area contributed by atoms with Gasteiger partial charge in [-0.2, -0.15) is 0 Å². The maximum atomic E-state index is 11.7. The third kappa shape index (κ3) is 7.52. The number of hydrogen-bond acceptors (Lipinski definition) is 2. The predicted molar refractivity (Wildman–Crippen MR) is 73.9 cm³/mol. The smallest absolute Gasteiger partial charge is 0.211 e. The summed E-state index contributed by atoms with van der Waals surface area (Å²) in [5, 5.41) is 0. The topological polar surface area (TPSA) is 46.2 Å². The summed E-state index contributed by atoms with van der Waals surface area (Å²) in [4.78, 5) is 0. The van der Waals surface area contributed by atoms with Gasteiger partial charge in [0, 0.05) is 10.5 Å². The molecule has 0 saturated heterocycles. The van der Waals surface area contributed by atoms with Crippen molar-refractivity contribution in [1.82, 2.24) is 4.72 Å². The van der Waals surface area contributed by atoms with Crippen LogP contribution in [0.5, 0.6) is 0 Å². The monoisotopic (exact) mass is 347 g/mol. The van der Waals surface area contributed by atoms with Crippen molar-refractivity contribution in [3.8, 4) is 0 Å². The molecule has 0 aliphatic rings. The SMILES string of the molecule is CC(C)CCS(=O)(=O)NC(CI)C(C)C. The van der Waals surface area contributed by atoms with Gasteiger partial charge in [-0.05, 0) is 18.3 Å². The fraction of sp³-hybridized carbons (Fsp3) is 1.00. The molecule has 92 valence electrons. The highest BCUT2D eigenvalue weighted by Gasteiger charge is 2.19. The second-order valence-corrected chi connectivity index (χ2v) is 7.38. The van der Waals surface area contributed by atoms with Crippen LogP contribution in [0.2, 0.25) is 0 Å². The maximum absolute atomic E-state index is 11.7. The van der Waals surface area contributed by atoms with Crippen LogP contribution in [-0.4, -0.2) is 24.6 Å². The van der Waals surface area contributed by atoms with Gasteiger partial charge >= 0.3 is 0 Å². The van der Waals surface area contributed by atoms with Gasteiger partial charge in [-0.25, -0.2) is 13.1 Å². The molecule has 1 atom stereocenters. The molecule has 0 saturated carbocycles. The van der Waals surface area contributed by atoms with E-state index in [2.05, 4.69) is 27.3 Å². The van der Waals surface area contributed by atoms with E-state index >= 15 is 0 Å². The van der Waals surface area contributed by atoms with Gasteiger partial charge in [0.05, 0.1) is 5.75 Å². The zero-order valence-electron chi connectivity index (χ0n) is 9.96. The predicted octanol–water partition coefficient (Wildman–Crippen LogP) is 2.41. The van der Waals surface area contributed by atoms with Crippen molar-refractivity contribution < 1.29 is 8.42 Å². The van der Waals surface area contributed by atoms with E-state index in [1.807, 2.05) is 27.7 Å². The van der Waals surface area contributed by atoms with Crippen LogP contribution < -0.4 is 4.72 Å². The number of rotatable bonds is 7. The van der Waals surface area contributed by atoms with Gasteiger partial charge in [-0.15, -0.1) is 0 Å². The Labute approximate surface area is 108 Å². The van der Waals surface area contributed by atoms with Crippen LogP contribution >= 0.6 is 22.6 Å². The summed E-state index contributed by atoms with van der Waals surface area (Å²) in [6.07, 6.45) is 0.724. The highest BCUT2D eigenvalue weighted by atomic mass is 127. The minimum Gasteiger partial charge on any atom is -0.212 e. The van der Waals surface area contributed by atoms with Gasteiger partial charge in [0.1, 0.15) is 0 Å². The summed E-state index contributed by atoms with van der Waals surface area (Å²) in [6, 6.07) is 0.0581. The molecule has 15 heavy (non-hydrogen) atoms. The lowest BCUT2D eigenvalue weighted by molar-refractivity contribution is 0.482. The Balaban J connectivity index is 4.23. The van der Waals surface area contributed by atoms with Crippen LogP contribution in [-0.2, 0) is 10.0 Å². The van der Waals surface area contributed by atoms with Gasteiger partial charge in [0.2, 0.25) is 10.0 Å². The van der Waals surface area contributed by atoms with E-state index in [-0.39, 0.29) is 11.8 Å². The van der Waals surface area contributed by atoms with Gasteiger partial charge in [-0.1, -0.05) is 50.3 Å². The molecular formula is C10H22INO2S. The molecule has 0 heterocycles. The Morgan fingerprint density at radius 1 is 1.20 bits per heavy atom. The van der Waals surface area contributed by atoms with E-state index in [0.29, 0.717) is 11.8 Å². The zero-order valence-corrected chi connectivity index (χ0v) is 12.9.